The topological polar surface area (TPSA) is 54.3 Å². The Morgan fingerprint density at radius 2 is 1.90 bits per heavy atom. The Morgan fingerprint density at radius 1 is 1.10 bits per heavy atom. The minimum absolute atomic E-state index is 0.188. The Balaban J connectivity index is 1.33. The second-order valence-corrected chi connectivity index (χ2v) is 7.62. The van der Waals surface area contributed by atoms with Crippen molar-refractivity contribution in [2.24, 2.45) is 0 Å². The number of para-hydroxylation sites is 1. The van der Waals surface area contributed by atoms with Crippen molar-refractivity contribution >= 4 is 11.6 Å². The zero-order valence-corrected chi connectivity index (χ0v) is 16.8. The lowest BCUT2D eigenvalue weighted by atomic mass is 9.95. The van der Waals surface area contributed by atoms with Crippen LogP contribution in [0.2, 0.25) is 0 Å². The highest BCUT2D eigenvalue weighted by molar-refractivity contribution is 5.81. The van der Waals surface area contributed by atoms with Gasteiger partial charge in [-0.05, 0) is 36.6 Å². The van der Waals surface area contributed by atoms with Crippen LogP contribution in [0.4, 0.5) is 5.69 Å². The van der Waals surface area contributed by atoms with Crippen LogP contribution in [0, 0.1) is 0 Å². The monoisotopic (exact) mass is 389 g/mol. The van der Waals surface area contributed by atoms with Crippen LogP contribution in [0.1, 0.15) is 30.1 Å². The molecule has 29 heavy (non-hydrogen) atoms. The van der Waals surface area contributed by atoms with Crippen LogP contribution in [-0.2, 0) is 11.3 Å². The van der Waals surface area contributed by atoms with Crippen LogP contribution < -0.4 is 4.90 Å². The summed E-state index contributed by atoms with van der Waals surface area (Å²) in [6.45, 7) is 2.76. The van der Waals surface area contributed by atoms with Crippen molar-refractivity contribution in [3.63, 3.8) is 0 Å². The predicted molar refractivity (Wildman–Crippen MR) is 114 cm³/mol. The molecule has 1 aliphatic rings. The molecule has 2 aromatic heterocycles. The number of likely N-dealkylation sites (N-methyl/N-ethyl adjacent to an activating group) is 1. The van der Waals surface area contributed by atoms with Crippen LogP contribution in [-0.4, -0.2) is 52.0 Å². The molecule has 0 bridgehead atoms. The van der Waals surface area contributed by atoms with Gasteiger partial charge in [-0.2, -0.15) is 0 Å². The van der Waals surface area contributed by atoms with E-state index in [2.05, 4.69) is 20.6 Å². The number of benzene rings is 1. The number of piperidine rings is 1. The molecular formula is C23H27N5O. The van der Waals surface area contributed by atoms with E-state index in [1.54, 1.807) is 6.20 Å². The third-order valence-electron chi connectivity index (χ3n) is 5.61. The Bertz CT molecular complexity index is 917. The van der Waals surface area contributed by atoms with Gasteiger partial charge in [-0.25, -0.2) is 4.98 Å². The van der Waals surface area contributed by atoms with Crippen molar-refractivity contribution in [2.75, 3.05) is 31.6 Å². The van der Waals surface area contributed by atoms with Gasteiger partial charge in [0.15, 0.2) is 0 Å². The van der Waals surface area contributed by atoms with Crippen molar-refractivity contribution < 1.29 is 4.79 Å². The average molecular weight is 390 g/mol. The molecule has 3 heterocycles. The molecule has 1 saturated heterocycles. The lowest BCUT2D eigenvalue weighted by molar-refractivity contribution is -0.130. The van der Waals surface area contributed by atoms with Gasteiger partial charge in [-0.3, -0.25) is 9.78 Å². The van der Waals surface area contributed by atoms with Crippen molar-refractivity contribution in [1.29, 1.82) is 0 Å². The summed E-state index contributed by atoms with van der Waals surface area (Å²) in [6, 6.07) is 14.1. The summed E-state index contributed by atoms with van der Waals surface area (Å²) in [4.78, 5) is 25.6. The summed E-state index contributed by atoms with van der Waals surface area (Å²) in [5, 5.41) is 0. The number of aromatic nitrogens is 3. The van der Waals surface area contributed by atoms with Gasteiger partial charge in [-0.15, -0.1) is 0 Å². The molecule has 1 aromatic carbocycles. The zero-order valence-electron chi connectivity index (χ0n) is 16.8. The Morgan fingerprint density at radius 3 is 2.62 bits per heavy atom. The fourth-order valence-corrected chi connectivity index (χ4v) is 3.97. The van der Waals surface area contributed by atoms with Gasteiger partial charge < -0.3 is 14.4 Å². The summed E-state index contributed by atoms with van der Waals surface area (Å²) in [5.41, 5.74) is 2.23. The molecule has 1 fully saturated rings. The lowest BCUT2D eigenvalue weighted by Gasteiger charge is -2.33. The van der Waals surface area contributed by atoms with Crippen molar-refractivity contribution in [1.82, 2.24) is 19.4 Å². The molecule has 6 heteroatoms. The average Bonchev–Trinajstić information content (AvgIpc) is 3.23. The molecule has 0 spiro atoms. The minimum Gasteiger partial charge on any atom is -0.365 e. The molecule has 0 atom stereocenters. The smallest absolute Gasteiger partial charge is 0.242 e. The summed E-state index contributed by atoms with van der Waals surface area (Å²) < 4.78 is 2.21. The second kappa shape index (κ2) is 8.90. The Kier molecular flexibility index (Phi) is 5.89. The van der Waals surface area contributed by atoms with E-state index < -0.39 is 0 Å². The third-order valence-corrected chi connectivity index (χ3v) is 5.61. The number of carbonyl (C=O) groups is 1. The Hall–Kier alpha value is -3.15. The van der Waals surface area contributed by atoms with Gasteiger partial charge in [0, 0.05) is 56.5 Å². The number of hydrogen-bond donors (Lipinski definition) is 0. The number of pyridine rings is 1. The fourth-order valence-electron chi connectivity index (χ4n) is 3.97. The fraction of sp³-hybridized carbons (Fsp3) is 0.348. The molecule has 6 nitrogen and oxygen atoms in total. The van der Waals surface area contributed by atoms with E-state index in [1.165, 1.54) is 5.56 Å². The van der Waals surface area contributed by atoms with Gasteiger partial charge in [-0.1, -0.05) is 24.3 Å². The quantitative estimate of drug-likeness (QED) is 0.650. The van der Waals surface area contributed by atoms with Gasteiger partial charge in [0.05, 0.1) is 13.1 Å². The number of hydrogen-bond acceptors (Lipinski definition) is 4. The minimum atomic E-state index is 0.188. The number of imidazole rings is 1. The predicted octanol–water partition coefficient (Wildman–Crippen LogP) is 3.17. The van der Waals surface area contributed by atoms with Gasteiger partial charge >= 0.3 is 0 Å². The molecule has 1 amide bonds. The third kappa shape index (κ3) is 4.65. The van der Waals surface area contributed by atoms with Crippen molar-refractivity contribution in [2.45, 2.75) is 25.3 Å². The highest BCUT2D eigenvalue weighted by Gasteiger charge is 2.26. The number of anilines is 1. The maximum atomic E-state index is 12.7. The zero-order chi connectivity index (χ0) is 20.1. The van der Waals surface area contributed by atoms with E-state index in [9.17, 15) is 4.79 Å². The first-order valence-corrected chi connectivity index (χ1v) is 10.1. The van der Waals surface area contributed by atoms with Crippen LogP contribution >= 0.6 is 0 Å². The van der Waals surface area contributed by atoms with Gasteiger partial charge in [0.1, 0.15) is 5.82 Å². The molecule has 0 radical (unpaired) electrons. The van der Waals surface area contributed by atoms with E-state index in [0.717, 1.165) is 44.0 Å². The summed E-state index contributed by atoms with van der Waals surface area (Å²) in [7, 11) is 1.97. The maximum absolute atomic E-state index is 12.7. The van der Waals surface area contributed by atoms with E-state index >= 15 is 0 Å². The molecule has 1 aliphatic heterocycles. The standard InChI is InChI=1S/C23H27N5O/c1-26(21-7-3-2-4-8-21)18-22(29)27-13-9-20(10-14-27)23-25-12-15-28(23)17-19-6-5-11-24-16-19/h2-8,11-12,15-16,20H,9-10,13-14,17-18H2,1H3. The van der Waals surface area contributed by atoms with Crippen LogP contribution in [0.5, 0.6) is 0 Å². The highest BCUT2D eigenvalue weighted by Crippen LogP contribution is 2.27. The van der Waals surface area contributed by atoms with Gasteiger partial charge in [0.25, 0.3) is 0 Å². The van der Waals surface area contributed by atoms with Crippen LogP contribution in [0.3, 0.4) is 0 Å². The first-order chi connectivity index (χ1) is 14.2. The summed E-state index contributed by atoms with van der Waals surface area (Å²) in [5.74, 6) is 1.69. The van der Waals surface area contributed by atoms with E-state index in [0.29, 0.717) is 12.5 Å². The molecule has 0 aliphatic carbocycles. The lowest BCUT2D eigenvalue weighted by Crippen LogP contribution is -2.43. The molecule has 3 aromatic rings. The molecule has 0 saturated carbocycles. The number of nitrogens with zero attached hydrogens (tertiary/aromatic N) is 5. The van der Waals surface area contributed by atoms with Crippen LogP contribution in [0.15, 0.2) is 67.3 Å². The van der Waals surface area contributed by atoms with Crippen molar-refractivity contribution in [3.8, 4) is 0 Å². The first-order valence-electron chi connectivity index (χ1n) is 10.1. The van der Waals surface area contributed by atoms with E-state index in [-0.39, 0.29) is 5.91 Å². The molecule has 150 valence electrons. The van der Waals surface area contributed by atoms with Crippen molar-refractivity contribution in [3.05, 3.63) is 78.6 Å². The second-order valence-electron chi connectivity index (χ2n) is 7.62. The summed E-state index contributed by atoms with van der Waals surface area (Å²) in [6.07, 6.45) is 9.50. The number of amides is 1. The molecule has 4 rings (SSSR count). The number of likely N-dealkylation sites (tertiary alicyclic amines) is 1. The largest absolute Gasteiger partial charge is 0.365 e. The number of carbonyl (C=O) groups excluding carboxylic acids is 1. The SMILES string of the molecule is CN(CC(=O)N1CCC(c2nccn2Cc2cccnc2)CC1)c1ccccc1. The number of rotatable bonds is 6. The van der Waals surface area contributed by atoms with E-state index in [4.69, 9.17) is 0 Å². The maximum Gasteiger partial charge on any atom is 0.242 e. The molecular weight excluding hydrogens is 362 g/mol. The molecule has 0 unspecified atom stereocenters. The normalized spacial score (nSPS) is 14.7. The molecule has 0 N–H and O–H groups in total. The Labute approximate surface area is 171 Å². The highest BCUT2D eigenvalue weighted by atomic mass is 16.2. The van der Waals surface area contributed by atoms with Crippen LogP contribution in [0.25, 0.3) is 0 Å². The van der Waals surface area contributed by atoms with Gasteiger partial charge in [0.2, 0.25) is 5.91 Å². The first kappa shape index (κ1) is 19.2. The van der Waals surface area contributed by atoms with E-state index in [1.807, 2.05) is 71.8 Å². The summed E-state index contributed by atoms with van der Waals surface area (Å²) >= 11 is 0.